The molecule has 0 saturated heterocycles. The van der Waals surface area contributed by atoms with Gasteiger partial charge >= 0.3 is 5.69 Å². The summed E-state index contributed by atoms with van der Waals surface area (Å²) in [5.41, 5.74) is 1.36. The second-order valence-electron chi connectivity index (χ2n) is 2.94. The molecule has 0 saturated carbocycles. The lowest BCUT2D eigenvalue weighted by molar-refractivity contribution is 0.842. The van der Waals surface area contributed by atoms with Crippen molar-refractivity contribution in [3.05, 3.63) is 45.6 Å². The number of hydrogen-bond donors (Lipinski definition) is 1. The van der Waals surface area contributed by atoms with Crippen LogP contribution in [0.15, 0.2) is 29.3 Å². The zero-order valence-corrected chi connectivity index (χ0v) is 8.25. The number of aromatic nitrogens is 3. The lowest BCUT2D eigenvalue weighted by Gasteiger charge is -2.01. The van der Waals surface area contributed by atoms with Crippen LogP contribution in [0.5, 0.6) is 0 Å². The van der Waals surface area contributed by atoms with E-state index in [1.165, 1.54) is 11.0 Å². The van der Waals surface area contributed by atoms with Crippen molar-refractivity contribution in [3.8, 4) is 5.69 Å². The van der Waals surface area contributed by atoms with Gasteiger partial charge in [-0.3, -0.25) is 4.98 Å². The number of aryl methyl sites for hydroxylation is 1. The maximum absolute atomic E-state index is 11.2. The van der Waals surface area contributed by atoms with E-state index in [4.69, 9.17) is 11.6 Å². The van der Waals surface area contributed by atoms with Crippen molar-refractivity contribution in [1.82, 2.24) is 14.8 Å². The SMILES string of the molecule is Cc1ccc(-n2nc[nH]c2=O)cc1Cl. The largest absolute Gasteiger partial charge is 0.347 e. The Morgan fingerprint density at radius 3 is 2.86 bits per heavy atom. The van der Waals surface area contributed by atoms with Crippen molar-refractivity contribution < 1.29 is 0 Å². The zero-order valence-electron chi connectivity index (χ0n) is 7.49. The fourth-order valence-corrected chi connectivity index (χ4v) is 1.33. The second-order valence-corrected chi connectivity index (χ2v) is 3.35. The third kappa shape index (κ3) is 1.44. The summed E-state index contributed by atoms with van der Waals surface area (Å²) >= 11 is 5.93. The summed E-state index contributed by atoms with van der Waals surface area (Å²) in [4.78, 5) is 13.7. The van der Waals surface area contributed by atoms with Gasteiger partial charge in [-0.25, -0.2) is 4.79 Å². The van der Waals surface area contributed by atoms with Crippen molar-refractivity contribution in [3.63, 3.8) is 0 Å². The monoisotopic (exact) mass is 209 g/mol. The second kappa shape index (κ2) is 3.31. The molecule has 0 aliphatic heterocycles. The Kier molecular flexibility index (Phi) is 2.13. The van der Waals surface area contributed by atoms with Gasteiger partial charge in [0.05, 0.1) is 5.69 Å². The summed E-state index contributed by atoms with van der Waals surface area (Å²) in [5.74, 6) is 0. The molecule has 0 spiro atoms. The summed E-state index contributed by atoms with van der Waals surface area (Å²) in [7, 11) is 0. The van der Waals surface area contributed by atoms with Crippen LogP contribution < -0.4 is 5.69 Å². The average Bonchev–Trinajstić information content (AvgIpc) is 2.57. The minimum Gasteiger partial charge on any atom is -0.295 e. The molecule has 0 atom stereocenters. The Hall–Kier alpha value is -1.55. The number of H-pyrrole nitrogens is 1. The number of halogens is 1. The van der Waals surface area contributed by atoms with E-state index in [9.17, 15) is 4.79 Å². The van der Waals surface area contributed by atoms with Gasteiger partial charge in [0.25, 0.3) is 0 Å². The van der Waals surface area contributed by atoms with E-state index < -0.39 is 0 Å². The molecule has 1 heterocycles. The highest BCUT2D eigenvalue weighted by atomic mass is 35.5. The van der Waals surface area contributed by atoms with Crippen LogP contribution >= 0.6 is 11.6 Å². The number of rotatable bonds is 1. The van der Waals surface area contributed by atoms with E-state index >= 15 is 0 Å². The van der Waals surface area contributed by atoms with Gasteiger partial charge in [0.2, 0.25) is 0 Å². The summed E-state index contributed by atoms with van der Waals surface area (Å²) in [5, 5.41) is 4.47. The van der Waals surface area contributed by atoms with Crippen molar-refractivity contribution in [2.24, 2.45) is 0 Å². The first-order valence-corrected chi connectivity index (χ1v) is 4.45. The maximum atomic E-state index is 11.2. The molecule has 1 aromatic heterocycles. The van der Waals surface area contributed by atoms with Crippen LogP contribution in [0, 0.1) is 6.92 Å². The van der Waals surface area contributed by atoms with Gasteiger partial charge in [-0.2, -0.15) is 9.78 Å². The first-order valence-electron chi connectivity index (χ1n) is 4.08. The highest BCUT2D eigenvalue weighted by Crippen LogP contribution is 2.17. The number of aromatic amines is 1. The van der Waals surface area contributed by atoms with Crippen molar-refractivity contribution >= 4 is 11.6 Å². The predicted molar refractivity (Wildman–Crippen MR) is 53.9 cm³/mol. The normalized spacial score (nSPS) is 10.4. The number of nitrogens with zero attached hydrogens (tertiary/aromatic N) is 2. The molecular formula is C9H8ClN3O. The van der Waals surface area contributed by atoms with Crippen LogP contribution in [-0.4, -0.2) is 14.8 Å². The fourth-order valence-electron chi connectivity index (χ4n) is 1.15. The molecule has 0 bridgehead atoms. The first-order chi connectivity index (χ1) is 6.68. The minimum absolute atomic E-state index is 0.273. The topological polar surface area (TPSA) is 50.7 Å². The first kappa shape index (κ1) is 9.02. The van der Waals surface area contributed by atoms with Gasteiger partial charge in [0.15, 0.2) is 0 Å². The van der Waals surface area contributed by atoms with Gasteiger partial charge in [-0.05, 0) is 24.6 Å². The van der Waals surface area contributed by atoms with Crippen LogP contribution in [0.25, 0.3) is 5.69 Å². The predicted octanol–water partition coefficient (Wildman–Crippen LogP) is 1.52. The standard InChI is InChI=1S/C9H8ClN3O/c1-6-2-3-7(4-8(6)10)13-9(14)11-5-12-13/h2-5H,1H3,(H,11,12,14). The molecule has 14 heavy (non-hydrogen) atoms. The van der Waals surface area contributed by atoms with Gasteiger partial charge in [0.1, 0.15) is 6.33 Å². The van der Waals surface area contributed by atoms with Crippen molar-refractivity contribution in [1.29, 1.82) is 0 Å². The third-order valence-corrected chi connectivity index (χ3v) is 2.36. The molecule has 0 aliphatic carbocycles. The van der Waals surface area contributed by atoms with E-state index in [-0.39, 0.29) is 5.69 Å². The quantitative estimate of drug-likeness (QED) is 0.774. The molecule has 4 nitrogen and oxygen atoms in total. The zero-order chi connectivity index (χ0) is 10.1. The minimum atomic E-state index is -0.273. The molecule has 5 heteroatoms. The lowest BCUT2D eigenvalue weighted by atomic mass is 10.2. The molecule has 0 radical (unpaired) electrons. The maximum Gasteiger partial charge on any atom is 0.347 e. The van der Waals surface area contributed by atoms with Crippen LogP contribution in [0.2, 0.25) is 5.02 Å². The summed E-state index contributed by atoms with van der Waals surface area (Å²) in [6.07, 6.45) is 1.34. The average molecular weight is 210 g/mol. The van der Waals surface area contributed by atoms with Crippen molar-refractivity contribution in [2.75, 3.05) is 0 Å². The molecule has 0 fully saturated rings. The Labute approximate surface area is 85.1 Å². The molecular weight excluding hydrogens is 202 g/mol. The molecule has 2 rings (SSSR count). The molecule has 2 aromatic rings. The molecule has 1 N–H and O–H groups in total. The summed E-state index contributed by atoms with van der Waals surface area (Å²) in [6, 6.07) is 5.35. The van der Waals surface area contributed by atoms with Gasteiger partial charge in [0, 0.05) is 5.02 Å². The Morgan fingerprint density at radius 2 is 2.29 bits per heavy atom. The van der Waals surface area contributed by atoms with Gasteiger partial charge in [-0.1, -0.05) is 17.7 Å². The van der Waals surface area contributed by atoms with Crippen LogP contribution in [0.3, 0.4) is 0 Å². The van der Waals surface area contributed by atoms with E-state index in [2.05, 4.69) is 10.1 Å². The third-order valence-electron chi connectivity index (χ3n) is 1.95. The number of benzene rings is 1. The Bertz CT molecular complexity index is 515. The lowest BCUT2D eigenvalue weighted by Crippen LogP contribution is -2.15. The highest BCUT2D eigenvalue weighted by molar-refractivity contribution is 6.31. The van der Waals surface area contributed by atoms with E-state index in [0.29, 0.717) is 10.7 Å². The Morgan fingerprint density at radius 1 is 1.50 bits per heavy atom. The number of hydrogen-bond acceptors (Lipinski definition) is 2. The molecule has 0 amide bonds. The van der Waals surface area contributed by atoms with Gasteiger partial charge < -0.3 is 0 Å². The molecule has 0 unspecified atom stereocenters. The highest BCUT2D eigenvalue weighted by Gasteiger charge is 2.03. The van der Waals surface area contributed by atoms with Crippen molar-refractivity contribution in [2.45, 2.75) is 6.92 Å². The van der Waals surface area contributed by atoms with Crippen LogP contribution in [0.4, 0.5) is 0 Å². The van der Waals surface area contributed by atoms with Gasteiger partial charge in [-0.15, -0.1) is 0 Å². The summed E-state index contributed by atoms with van der Waals surface area (Å²) in [6.45, 7) is 1.90. The molecule has 0 aliphatic rings. The van der Waals surface area contributed by atoms with E-state index in [0.717, 1.165) is 5.56 Å². The van der Waals surface area contributed by atoms with Crippen LogP contribution in [0.1, 0.15) is 5.56 Å². The summed E-state index contributed by atoms with van der Waals surface area (Å²) < 4.78 is 1.26. The van der Waals surface area contributed by atoms with E-state index in [1.807, 2.05) is 13.0 Å². The molecule has 72 valence electrons. The fraction of sp³-hybridized carbons (Fsp3) is 0.111. The van der Waals surface area contributed by atoms with E-state index in [1.54, 1.807) is 12.1 Å². The van der Waals surface area contributed by atoms with Crippen LogP contribution in [-0.2, 0) is 0 Å². The Balaban J connectivity index is 2.59. The smallest absolute Gasteiger partial charge is 0.295 e. The molecule has 1 aromatic carbocycles. The number of nitrogens with one attached hydrogen (secondary N) is 1.